The standard InChI is InChI=1S/C19H25ClN2O3S/c1-2-26-17-6-5-13(20)7-16(17)19(25)21-14-8-15(9-14)22(11-18(23)24)10-12-3-4-12/h5-7,12,14-15H,2-4,8-11H2,1H3,(H,21,25)(H,23,24). The summed E-state index contributed by atoms with van der Waals surface area (Å²) in [5, 5.41) is 12.8. The average Bonchev–Trinajstić information content (AvgIpc) is 3.35. The number of benzene rings is 1. The summed E-state index contributed by atoms with van der Waals surface area (Å²) in [6, 6.07) is 5.76. The van der Waals surface area contributed by atoms with Crippen LogP contribution in [-0.2, 0) is 4.79 Å². The molecule has 2 aliphatic rings. The Hall–Kier alpha value is -1.24. The van der Waals surface area contributed by atoms with Crippen LogP contribution in [0.2, 0.25) is 5.02 Å². The van der Waals surface area contributed by atoms with E-state index in [1.807, 2.05) is 13.0 Å². The lowest BCUT2D eigenvalue weighted by Gasteiger charge is -2.42. The van der Waals surface area contributed by atoms with Gasteiger partial charge in [0.25, 0.3) is 5.91 Å². The summed E-state index contributed by atoms with van der Waals surface area (Å²) in [5.41, 5.74) is 0.619. The third-order valence-electron chi connectivity index (χ3n) is 4.98. The molecule has 1 aromatic rings. The molecule has 0 aromatic heterocycles. The molecular formula is C19H25ClN2O3S. The molecule has 2 saturated carbocycles. The molecule has 0 atom stereocenters. The van der Waals surface area contributed by atoms with Crippen molar-refractivity contribution in [1.29, 1.82) is 0 Å². The van der Waals surface area contributed by atoms with Crippen LogP contribution in [0.5, 0.6) is 0 Å². The van der Waals surface area contributed by atoms with Gasteiger partial charge >= 0.3 is 5.97 Å². The van der Waals surface area contributed by atoms with Crippen LogP contribution in [0, 0.1) is 5.92 Å². The molecule has 0 radical (unpaired) electrons. The zero-order valence-corrected chi connectivity index (χ0v) is 16.5. The fourth-order valence-electron chi connectivity index (χ4n) is 3.38. The molecule has 2 fully saturated rings. The minimum atomic E-state index is -0.779. The maximum Gasteiger partial charge on any atom is 0.317 e. The Kier molecular flexibility index (Phi) is 6.48. The van der Waals surface area contributed by atoms with Crippen LogP contribution in [0.25, 0.3) is 0 Å². The van der Waals surface area contributed by atoms with Crippen molar-refractivity contribution in [3.05, 3.63) is 28.8 Å². The number of rotatable bonds is 9. The SMILES string of the molecule is CCSc1ccc(Cl)cc1C(=O)NC1CC(N(CC(=O)O)CC2CC2)C1. The molecule has 1 amide bonds. The van der Waals surface area contributed by atoms with Crippen LogP contribution in [0.4, 0.5) is 0 Å². The van der Waals surface area contributed by atoms with Gasteiger partial charge in [-0.15, -0.1) is 11.8 Å². The first kappa shape index (κ1) is 19.5. The predicted octanol–water partition coefficient (Wildman–Crippen LogP) is 3.51. The maximum atomic E-state index is 12.6. The summed E-state index contributed by atoms with van der Waals surface area (Å²) in [7, 11) is 0. The molecule has 1 aromatic carbocycles. The molecule has 0 aliphatic heterocycles. The quantitative estimate of drug-likeness (QED) is 0.625. The summed E-state index contributed by atoms with van der Waals surface area (Å²) in [6.07, 6.45) is 4.02. The Morgan fingerprint density at radius 3 is 2.69 bits per heavy atom. The number of thioether (sulfide) groups is 1. The Balaban J connectivity index is 1.55. The summed E-state index contributed by atoms with van der Waals surface area (Å²) < 4.78 is 0. The number of aliphatic carboxylic acids is 1. The summed E-state index contributed by atoms with van der Waals surface area (Å²) in [4.78, 5) is 26.8. The molecule has 0 heterocycles. The minimum Gasteiger partial charge on any atom is -0.480 e. The highest BCUT2D eigenvalue weighted by molar-refractivity contribution is 7.99. The van der Waals surface area contributed by atoms with Crippen LogP contribution in [0.3, 0.4) is 0 Å². The number of nitrogens with one attached hydrogen (secondary N) is 1. The van der Waals surface area contributed by atoms with E-state index >= 15 is 0 Å². The minimum absolute atomic E-state index is 0.0907. The van der Waals surface area contributed by atoms with Gasteiger partial charge in [0.15, 0.2) is 0 Å². The van der Waals surface area contributed by atoms with E-state index in [-0.39, 0.29) is 24.5 Å². The van der Waals surface area contributed by atoms with E-state index in [0.717, 1.165) is 30.0 Å². The first-order valence-electron chi connectivity index (χ1n) is 9.15. The van der Waals surface area contributed by atoms with Gasteiger partial charge in [0, 0.05) is 28.5 Å². The van der Waals surface area contributed by atoms with E-state index in [1.54, 1.807) is 23.9 Å². The molecule has 2 aliphatic carbocycles. The van der Waals surface area contributed by atoms with Gasteiger partial charge in [-0.3, -0.25) is 14.5 Å². The average molecular weight is 397 g/mol. The number of hydrogen-bond acceptors (Lipinski definition) is 4. The number of carbonyl (C=O) groups is 2. The molecular weight excluding hydrogens is 372 g/mol. The number of halogens is 1. The summed E-state index contributed by atoms with van der Waals surface area (Å²) in [6.45, 7) is 3.00. The van der Waals surface area contributed by atoms with Crippen molar-refractivity contribution in [3.8, 4) is 0 Å². The lowest BCUT2D eigenvalue weighted by Crippen LogP contribution is -2.55. The zero-order chi connectivity index (χ0) is 18.7. The van der Waals surface area contributed by atoms with Crippen molar-refractivity contribution in [1.82, 2.24) is 10.2 Å². The Labute approximate surface area is 163 Å². The first-order chi connectivity index (χ1) is 12.5. The Morgan fingerprint density at radius 1 is 1.35 bits per heavy atom. The fourth-order valence-corrected chi connectivity index (χ4v) is 4.33. The van der Waals surface area contributed by atoms with Crippen LogP contribution in [-0.4, -0.2) is 52.8 Å². The highest BCUT2D eigenvalue weighted by Crippen LogP contribution is 2.34. The molecule has 0 bridgehead atoms. The van der Waals surface area contributed by atoms with Crippen molar-refractivity contribution in [2.24, 2.45) is 5.92 Å². The highest BCUT2D eigenvalue weighted by atomic mass is 35.5. The van der Waals surface area contributed by atoms with Gasteiger partial charge in [-0.25, -0.2) is 0 Å². The van der Waals surface area contributed by atoms with Gasteiger partial charge < -0.3 is 10.4 Å². The molecule has 0 spiro atoms. The number of carbonyl (C=O) groups excluding carboxylic acids is 1. The summed E-state index contributed by atoms with van der Waals surface area (Å²) >= 11 is 7.69. The largest absolute Gasteiger partial charge is 0.480 e. The molecule has 3 rings (SSSR count). The molecule has 5 nitrogen and oxygen atoms in total. The Morgan fingerprint density at radius 2 is 2.08 bits per heavy atom. The monoisotopic (exact) mass is 396 g/mol. The van der Waals surface area contributed by atoms with Crippen LogP contribution in [0.15, 0.2) is 23.1 Å². The smallest absolute Gasteiger partial charge is 0.317 e. The van der Waals surface area contributed by atoms with Crippen molar-refractivity contribution in [2.45, 2.75) is 49.6 Å². The van der Waals surface area contributed by atoms with E-state index in [2.05, 4.69) is 10.2 Å². The molecule has 0 saturated heterocycles. The van der Waals surface area contributed by atoms with E-state index in [9.17, 15) is 9.59 Å². The number of nitrogens with zero attached hydrogens (tertiary/aromatic N) is 1. The van der Waals surface area contributed by atoms with Crippen molar-refractivity contribution < 1.29 is 14.7 Å². The predicted molar refractivity (Wildman–Crippen MR) is 104 cm³/mol. The third kappa shape index (κ3) is 5.15. The molecule has 142 valence electrons. The van der Waals surface area contributed by atoms with Gasteiger partial charge in [-0.1, -0.05) is 18.5 Å². The molecule has 2 N–H and O–H groups in total. The maximum absolute atomic E-state index is 12.6. The summed E-state index contributed by atoms with van der Waals surface area (Å²) in [5.74, 6) is 0.666. The second-order valence-corrected chi connectivity index (χ2v) is 8.88. The van der Waals surface area contributed by atoms with E-state index in [4.69, 9.17) is 16.7 Å². The van der Waals surface area contributed by atoms with Gasteiger partial charge in [0.2, 0.25) is 0 Å². The number of amides is 1. The van der Waals surface area contributed by atoms with Gasteiger partial charge in [0.1, 0.15) is 0 Å². The second-order valence-electron chi connectivity index (χ2n) is 7.14. The van der Waals surface area contributed by atoms with E-state index in [0.29, 0.717) is 16.5 Å². The topological polar surface area (TPSA) is 69.6 Å². The van der Waals surface area contributed by atoms with Crippen molar-refractivity contribution in [3.63, 3.8) is 0 Å². The number of carboxylic acid groups (broad SMARTS) is 1. The van der Waals surface area contributed by atoms with Crippen LogP contribution in [0.1, 0.15) is 43.0 Å². The van der Waals surface area contributed by atoms with Gasteiger partial charge in [-0.2, -0.15) is 0 Å². The first-order valence-corrected chi connectivity index (χ1v) is 10.5. The van der Waals surface area contributed by atoms with E-state index in [1.165, 1.54) is 12.8 Å². The van der Waals surface area contributed by atoms with Crippen molar-refractivity contribution in [2.75, 3.05) is 18.8 Å². The zero-order valence-electron chi connectivity index (χ0n) is 14.9. The number of hydrogen-bond donors (Lipinski definition) is 2. The fraction of sp³-hybridized carbons (Fsp3) is 0.579. The van der Waals surface area contributed by atoms with Crippen molar-refractivity contribution >= 4 is 35.2 Å². The number of carboxylic acids is 1. The lowest BCUT2D eigenvalue weighted by atomic mass is 9.85. The molecule has 26 heavy (non-hydrogen) atoms. The third-order valence-corrected chi connectivity index (χ3v) is 6.17. The van der Waals surface area contributed by atoms with Crippen LogP contribution >= 0.6 is 23.4 Å². The normalized spacial score (nSPS) is 22.1. The van der Waals surface area contributed by atoms with Gasteiger partial charge in [0.05, 0.1) is 12.1 Å². The van der Waals surface area contributed by atoms with Gasteiger partial charge in [-0.05, 0) is 55.6 Å². The second kappa shape index (κ2) is 8.63. The Bertz CT molecular complexity index is 675. The molecule has 7 heteroatoms. The lowest BCUT2D eigenvalue weighted by molar-refractivity contribution is -0.139. The highest BCUT2D eigenvalue weighted by Gasteiger charge is 2.37. The van der Waals surface area contributed by atoms with E-state index < -0.39 is 5.97 Å². The van der Waals surface area contributed by atoms with Crippen LogP contribution < -0.4 is 5.32 Å². The molecule has 0 unspecified atom stereocenters.